The van der Waals surface area contributed by atoms with Crippen LogP contribution in [0, 0.1) is 41.3 Å². The molecule has 3 atom stereocenters. The number of amides is 1. The molecule has 3 rings (SSSR count). The van der Waals surface area contributed by atoms with E-state index in [-0.39, 0.29) is 42.4 Å². The van der Waals surface area contributed by atoms with Gasteiger partial charge < -0.3 is 5.11 Å². The molecule has 0 bridgehead atoms. The largest absolute Gasteiger partial charge is 0.396 e. The quantitative estimate of drug-likeness (QED) is 0.343. The number of carbonyl (C=O) groups is 1. The molecule has 3 N–H and O–H groups in total. The molecule has 1 aromatic carbocycles. The first kappa shape index (κ1) is 22.8. The van der Waals surface area contributed by atoms with E-state index < -0.39 is 26.3 Å². The molecule has 0 aliphatic heterocycles. The van der Waals surface area contributed by atoms with Crippen molar-refractivity contribution in [3.63, 3.8) is 0 Å². The zero-order valence-corrected chi connectivity index (χ0v) is 17.8. The lowest BCUT2D eigenvalue weighted by Gasteiger charge is -2.24. The van der Waals surface area contributed by atoms with E-state index in [1.54, 1.807) is 6.07 Å². The first-order valence-electron chi connectivity index (χ1n) is 9.53. The van der Waals surface area contributed by atoms with Gasteiger partial charge in [-0.2, -0.15) is 5.10 Å². The Bertz CT molecular complexity index is 1250. The van der Waals surface area contributed by atoms with Gasteiger partial charge >= 0.3 is 0 Å². The number of sulfone groups is 1. The lowest BCUT2D eigenvalue weighted by Crippen LogP contribution is -2.49. The standard InChI is InChI=1S/C21H22FN3O5S/c1-21(20(27)24-28,31(2,29)30)9-10-25-12-17-18(23-25)8-7-14(19(17)22)5-3-4-6-15-11-16(15)13-26/h7-8,12,15-16,26,28H,9-11,13H2,1-2H3,(H,24,27)/t15?,16-,21-/m1/s1. The minimum atomic E-state index is -3.84. The summed E-state index contributed by atoms with van der Waals surface area (Å²) in [4.78, 5) is 11.9. The van der Waals surface area contributed by atoms with E-state index in [4.69, 9.17) is 10.3 Å². The maximum Gasteiger partial charge on any atom is 0.264 e. The number of fused-ring (bicyclic) bond motifs is 1. The van der Waals surface area contributed by atoms with Crippen LogP contribution in [0.1, 0.15) is 25.3 Å². The van der Waals surface area contributed by atoms with Crippen LogP contribution < -0.4 is 5.48 Å². The normalized spacial score (nSPS) is 19.5. The van der Waals surface area contributed by atoms with Crippen LogP contribution in [0.3, 0.4) is 0 Å². The summed E-state index contributed by atoms with van der Waals surface area (Å²) in [6.45, 7) is 1.32. The van der Waals surface area contributed by atoms with E-state index in [1.807, 2.05) is 0 Å². The van der Waals surface area contributed by atoms with Crippen molar-refractivity contribution in [1.29, 1.82) is 0 Å². The molecule has 10 heteroatoms. The van der Waals surface area contributed by atoms with Crippen LogP contribution in [-0.2, 0) is 21.2 Å². The third kappa shape index (κ3) is 4.72. The molecule has 164 valence electrons. The van der Waals surface area contributed by atoms with Gasteiger partial charge in [0, 0.05) is 31.5 Å². The average molecular weight is 447 g/mol. The Kier molecular flexibility index (Phi) is 6.37. The van der Waals surface area contributed by atoms with Crippen molar-refractivity contribution in [3.05, 3.63) is 29.7 Å². The first-order chi connectivity index (χ1) is 14.6. The predicted octanol–water partition coefficient (Wildman–Crippen LogP) is 0.858. The second kappa shape index (κ2) is 8.67. The van der Waals surface area contributed by atoms with Gasteiger partial charge in [0.2, 0.25) is 0 Å². The summed E-state index contributed by atoms with van der Waals surface area (Å²) in [5, 5.41) is 22.3. The molecule has 1 unspecified atom stereocenters. The number of rotatable bonds is 6. The first-order valence-corrected chi connectivity index (χ1v) is 11.4. The Hall–Kier alpha value is -2.92. The van der Waals surface area contributed by atoms with E-state index in [9.17, 15) is 17.6 Å². The van der Waals surface area contributed by atoms with Crippen LogP contribution in [0.5, 0.6) is 0 Å². The summed E-state index contributed by atoms with van der Waals surface area (Å²) in [7, 11) is -3.84. The molecule has 1 aliphatic rings. The van der Waals surface area contributed by atoms with Crippen LogP contribution in [0.25, 0.3) is 10.9 Å². The fourth-order valence-corrected chi connectivity index (χ4v) is 3.93. The Morgan fingerprint density at radius 1 is 1.42 bits per heavy atom. The van der Waals surface area contributed by atoms with Crippen LogP contribution in [0.4, 0.5) is 4.39 Å². The maximum absolute atomic E-state index is 14.8. The highest BCUT2D eigenvalue weighted by molar-refractivity contribution is 7.92. The molecule has 1 heterocycles. The summed E-state index contributed by atoms with van der Waals surface area (Å²) >= 11 is 0. The van der Waals surface area contributed by atoms with Gasteiger partial charge in [-0.15, -0.1) is 0 Å². The van der Waals surface area contributed by atoms with Crippen molar-refractivity contribution in [2.75, 3.05) is 12.9 Å². The summed E-state index contributed by atoms with van der Waals surface area (Å²) in [5.41, 5.74) is 1.89. The second-order valence-corrected chi connectivity index (χ2v) is 10.2. The van der Waals surface area contributed by atoms with Crippen molar-refractivity contribution in [2.24, 2.45) is 11.8 Å². The molecule has 1 aliphatic carbocycles. The molecular weight excluding hydrogens is 425 g/mol. The van der Waals surface area contributed by atoms with E-state index in [2.05, 4.69) is 28.8 Å². The van der Waals surface area contributed by atoms with Crippen LogP contribution in [0.2, 0.25) is 0 Å². The lowest BCUT2D eigenvalue weighted by atomic mass is 10.1. The van der Waals surface area contributed by atoms with Crippen LogP contribution >= 0.6 is 0 Å². The van der Waals surface area contributed by atoms with Crippen molar-refractivity contribution in [2.45, 2.75) is 31.1 Å². The Morgan fingerprint density at radius 3 is 2.77 bits per heavy atom. The van der Waals surface area contributed by atoms with E-state index in [0.29, 0.717) is 5.52 Å². The second-order valence-electron chi connectivity index (χ2n) is 7.75. The van der Waals surface area contributed by atoms with Crippen molar-refractivity contribution in [1.82, 2.24) is 15.3 Å². The number of halogens is 1. The highest BCUT2D eigenvalue weighted by atomic mass is 32.2. The number of hydrogen-bond donors (Lipinski definition) is 3. The Balaban J connectivity index is 1.79. The molecule has 1 amide bonds. The van der Waals surface area contributed by atoms with Gasteiger partial charge in [-0.1, -0.05) is 5.92 Å². The van der Waals surface area contributed by atoms with Gasteiger partial charge in [-0.3, -0.25) is 14.7 Å². The fraction of sp³-hybridized carbons (Fsp3) is 0.429. The topological polar surface area (TPSA) is 122 Å². The van der Waals surface area contributed by atoms with E-state index >= 15 is 0 Å². The highest BCUT2D eigenvalue weighted by Crippen LogP contribution is 2.36. The fourth-order valence-electron chi connectivity index (χ4n) is 3.09. The number of benzene rings is 1. The van der Waals surface area contributed by atoms with E-state index in [0.717, 1.165) is 12.7 Å². The van der Waals surface area contributed by atoms with Gasteiger partial charge in [-0.05, 0) is 55.6 Å². The SMILES string of the molecule is C[C@@](CCn1cc2c(F)c(C#CC#CC3C[C@@H]3CO)ccc2n1)(C(=O)NO)S(C)(=O)=O. The molecule has 0 spiro atoms. The number of aliphatic hydroxyl groups excluding tert-OH is 1. The van der Waals surface area contributed by atoms with Gasteiger partial charge in [0.1, 0.15) is 5.82 Å². The molecule has 1 fully saturated rings. The summed E-state index contributed by atoms with van der Waals surface area (Å²) < 4.78 is 38.4. The minimum absolute atomic E-state index is 0.00497. The minimum Gasteiger partial charge on any atom is -0.396 e. The monoisotopic (exact) mass is 447 g/mol. The van der Waals surface area contributed by atoms with Crippen LogP contribution in [-0.4, -0.2) is 52.0 Å². The lowest BCUT2D eigenvalue weighted by molar-refractivity contribution is -0.131. The molecule has 1 saturated carbocycles. The van der Waals surface area contributed by atoms with Gasteiger partial charge in [0.05, 0.1) is 16.5 Å². The highest BCUT2D eigenvalue weighted by Gasteiger charge is 2.43. The summed E-state index contributed by atoms with van der Waals surface area (Å²) in [5.74, 6) is 9.63. The Labute approximate surface area is 179 Å². The smallest absolute Gasteiger partial charge is 0.264 e. The zero-order valence-electron chi connectivity index (χ0n) is 17.0. The van der Waals surface area contributed by atoms with Crippen molar-refractivity contribution < 1.29 is 27.9 Å². The number of hydrogen-bond acceptors (Lipinski definition) is 6. The van der Waals surface area contributed by atoms with Gasteiger partial charge in [0.25, 0.3) is 5.91 Å². The molecule has 2 aromatic rings. The number of aromatic nitrogens is 2. The number of hydroxylamine groups is 1. The average Bonchev–Trinajstić information content (AvgIpc) is 3.36. The van der Waals surface area contributed by atoms with E-state index in [1.165, 1.54) is 29.3 Å². The van der Waals surface area contributed by atoms with Crippen molar-refractivity contribution >= 4 is 26.6 Å². The van der Waals surface area contributed by atoms with Crippen LogP contribution in [0.15, 0.2) is 18.3 Å². The molecule has 0 radical (unpaired) electrons. The third-order valence-electron chi connectivity index (χ3n) is 5.56. The molecule has 31 heavy (non-hydrogen) atoms. The number of aryl methyl sites for hydroxylation is 1. The van der Waals surface area contributed by atoms with Gasteiger partial charge in [0.15, 0.2) is 14.6 Å². The summed E-state index contributed by atoms with van der Waals surface area (Å²) in [6, 6.07) is 3.07. The molecule has 1 aromatic heterocycles. The number of nitrogens with one attached hydrogen (secondary N) is 1. The predicted molar refractivity (Wildman–Crippen MR) is 111 cm³/mol. The number of nitrogens with zero attached hydrogens (tertiary/aromatic N) is 2. The molecule has 0 saturated heterocycles. The summed E-state index contributed by atoms with van der Waals surface area (Å²) in [6.07, 6.45) is 2.99. The molecule has 8 nitrogen and oxygen atoms in total. The number of aliphatic hydroxyl groups is 1. The Morgan fingerprint density at radius 2 is 2.16 bits per heavy atom. The zero-order chi connectivity index (χ0) is 22.8. The van der Waals surface area contributed by atoms with Crippen molar-refractivity contribution in [3.8, 4) is 23.7 Å². The molecular formula is C21H22FN3O5S. The third-order valence-corrected chi connectivity index (χ3v) is 7.59. The van der Waals surface area contributed by atoms with Gasteiger partial charge in [-0.25, -0.2) is 18.3 Å². The number of carbonyl (C=O) groups excluding carboxylic acids is 1. The maximum atomic E-state index is 14.8.